The van der Waals surface area contributed by atoms with Crippen LogP contribution in [-0.4, -0.2) is 21.9 Å². The van der Waals surface area contributed by atoms with Crippen LogP contribution in [0.3, 0.4) is 0 Å². The van der Waals surface area contributed by atoms with E-state index in [1.54, 1.807) is 29.2 Å². The fourth-order valence-corrected chi connectivity index (χ4v) is 3.95. The van der Waals surface area contributed by atoms with Crippen molar-refractivity contribution in [3.05, 3.63) is 72.1 Å². The molecule has 1 N–H and O–H groups in total. The van der Waals surface area contributed by atoms with E-state index in [4.69, 9.17) is 9.40 Å². The van der Waals surface area contributed by atoms with E-state index in [0.717, 1.165) is 4.88 Å². The molecule has 0 saturated carbocycles. The minimum atomic E-state index is -0.601. The van der Waals surface area contributed by atoms with E-state index in [-0.39, 0.29) is 5.91 Å². The van der Waals surface area contributed by atoms with Gasteiger partial charge >= 0.3 is 11.7 Å². The lowest BCUT2D eigenvalue weighted by Gasteiger charge is -2.05. The summed E-state index contributed by atoms with van der Waals surface area (Å²) < 4.78 is 20.7. The number of nitrogens with zero attached hydrogens (tertiary/aromatic N) is 3. The Morgan fingerprint density at radius 3 is 2.96 bits per heavy atom. The third kappa shape index (κ3) is 2.87. The molecule has 6 nitrogen and oxygen atoms in total. The summed E-state index contributed by atoms with van der Waals surface area (Å²) in [5.41, 5.74) is 1.70. The lowest BCUT2D eigenvalue weighted by molar-refractivity contribution is -0.551. The van der Waals surface area contributed by atoms with Crippen LogP contribution < -0.4 is 9.88 Å². The molecule has 0 bridgehead atoms. The second-order valence-electron chi connectivity index (χ2n) is 6.36. The normalized spacial score (nSPS) is 15.5. The van der Waals surface area contributed by atoms with Gasteiger partial charge in [-0.3, -0.25) is 5.32 Å². The smallest absolute Gasteiger partial charge is 0.359 e. The fraction of sp³-hybridized carbons (Fsp3) is 0.100. The van der Waals surface area contributed by atoms with E-state index in [9.17, 15) is 9.18 Å². The monoisotopic (exact) mass is 393 g/mol. The number of carbonyl (C=O) groups excluding carboxylic acids is 1. The SMILES string of the molecule is O=C1C(Cc2ccco2)Nc2c(-c3ccnc(F)c3)nc(-c3cccs3)c[n+]21. The summed E-state index contributed by atoms with van der Waals surface area (Å²) in [6.07, 6.45) is 5.10. The number of carbonyl (C=O) groups is 1. The Morgan fingerprint density at radius 2 is 2.21 bits per heavy atom. The molecule has 0 amide bonds. The van der Waals surface area contributed by atoms with Crippen molar-refractivity contribution in [2.45, 2.75) is 12.5 Å². The summed E-state index contributed by atoms with van der Waals surface area (Å²) in [6.45, 7) is 0. The topological polar surface area (TPSA) is 71.9 Å². The molecule has 138 valence electrons. The summed E-state index contributed by atoms with van der Waals surface area (Å²) in [4.78, 5) is 22.3. The Bertz CT molecular complexity index is 1160. The zero-order valence-corrected chi connectivity index (χ0v) is 15.3. The maximum absolute atomic E-state index is 13.7. The fourth-order valence-electron chi connectivity index (χ4n) is 3.27. The minimum absolute atomic E-state index is 0.109. The van der Waals surface area contributed by atoms with Gasteiger partial charge in [0.15, 0.2) is 5.69 Å². The molecule has 1 atom stereocenters. The van der Waals surface area contributed by atoms with Crippen molar-refractivity contribution < 1.29 is 18.2 Å². The number of anilines is 1. The number of pyridine rings is 1. The standard InChI is InChI=1S/C20H13FN4O2S/c21-17-9-12(5-6-22-17)18-19-24-14(10-13-3-1-7-27-13)20(26)25(19)11-15(23-18)16-4-2-8-28-16/h1-9,11,14H,10H2/p+1. The average Bonchev–Trinajstić information content (AvgIpc) is 3.45. The van der Waals surface area contributed by atoms with E-state index in [1.165, 1.54) is 23.6 Å². The van der Waals surface area contributed by atoms with Crippen molar-refractivity contribution in [3.8, 4) is 21.8 Å². The summed E-state index contributed by atoms with van der Waals surface area (Å²) in [7, 11) is 0. The Balaban J connectivity index is 1.64. The lowest BCUT2D eigenvalue weighted by Crippen LogP contribution is -2.43. The predicted molar refractivity (Wildman–Crippen MR) is 101 cm³/mol. The molecule has 1 aliphatic rings. The maximum atomic E-state index is 13.7. The molecule has 0 saturated heterocycles. The first-order chi connectivity index (χ1) is 13.7. The summed E-state index contributed by atoms with van der Waals surface area (Å²) >= 11 is 1.53. The summed E-state index contributed by atoms with van der Waals surface area (Å²) in [6, 6.07) is 9.98. The van der Waals surface area contributed by atoms with Crippen molar-refractivity contribution in [2.75, 3.05) is 5.32 Å². The van der Waals surface area contributed by atoms with Gasteiger partial charge in [0.2, 0.25) is 12.0 Å². The van der Waals surface area contributed by atoms with Crippen LogP contribution in [0.2, 0.25) is 0 Å². The Morgan fingerprint density at radius 1 is 1.29 bits per heavy atom. The van der Waals surface area contributed by atoms with Crippen molar-refractivity contribution >= 4 is 23.1 Å². The third-order valence-electron chi connectivity index (χ3n) is 4.55. The number of nitrogens with one attached hydrogen (secondary N) is 1. The van der Waals surface area contributed by atoms with Crippen LogP contribution in [-0.2, 0) is 6.42 Å². The molecule has 4 aromatic heterocycles. The molecule has 5 rings (SSSR count). The second kappa shape index (κ2) is 6.65. The molecule has 1 unspecified atom stereocenters. The van der Waals surface area contributed by atoms with Gasteiger partial charge in [-0.05, 0) is 29.6 Å². The highest BCUT2D eigenvalue weighted by atomic mass is 32.1. The van der Waals surface area contributed by atoms with Gasteiger partial charge < -0.3 is 4.42 Å². The van der Waals surface area contributed by atoms with Crippen molar-refractivity contribution in [3.63, 3.8) is 0 Å². The number of thiophene rings is 1. The van der Waals surface area contributed by atoms with Crippen LogP contribution in [0, 0.1) is 5.95 Å². The number of halogens is 1. The van der Waals surface area contributed by atoms with Crippen molar-refractivity contribution in [1.82, 2.24) is 9.97 Å². The van der Waals surface area contributed by atoms with Gasteiger partial charge in [0.1, 0.15) is 17.7 Å². The number of hydrogen-bond acceptors (Lipinski definition) is 6. The molecule has 4 aromatic rings. The highest BCUT2D eigenvalue weighted by Crippen LogP contribution is 2.31. The molecular formula is C20H14FN4O2S+. The van der Waals surface area contributed by atoms with Gasteiger partial charge in [-0.15, -0.1) is 11.3 Å². The third-order valence-corrected chi connectivity index (χ3v) is 5.45. The highest BCUT2D eigenvalue weighted by molar-refractivity contribution is 7.13. The van der Waals surface area contributed by atoms with Gasteiger partial charge in [0.05, 0.1) is 17.6 Å². The zero-order valence-electron chi connectivity index (χ0n) is 14.5. The number of fused-ring (bicyclic) bond motifs is 1. The van der Waals surface area contributed by atoms with Gasteiger partial charge in [0, 0.05) is 17.8 Å². The van der Waals surface area contributed by atoms with Gasteiger partial charge in [-0.25, -0.2) is 14.8 Å². The second-order valence-corrected chi connectivity index (χ2v) is 7.30. The van der Waals surface area contributed by atoms with Crippen molar-refractivity contribution in [1.29, 1.82) is 0 Å². The van der Waals surface area contributed by atoms with Crippen LogP contribution in [0.4, 0.5) is 10.2 Å². The average molecular weight is 393 g/mol. The van der Waals surface area contributed by atoms with Crippen LogP contribution in [0.25, 0.3) is 21.8 Å². The molecule has 0 spiro atoms. The van der Waals surface area contributed by atoms with Crippen LogP contribution >= 0.6 is 11.3 Å². The predicted octanol–water partition coefficient (Wildman–Crippen LogP) is 3.57. The van der Waals surface area contributed by atoms with E-state index >= 15 is 0 Å². The summed E-state index contributed by atoms with van der Waals surface area (Å²) in [5.74, 6) is 0.535. The molecule has 28 heavy (non-hydrogen) atoms. The van der Waals surface area contributed by atoms with Gasteiger partial charge in [0.25, 0.3) is 0 Å². The molecule has 1 aliphatic heterocycles. The summed E-state index contributed by atoms with van der Waals surface area (Å²) in [5, 5.41) is 5.18. The number of furan rings is 1. The first-order valence-electron chi connectivity index (χ1n) is 8.65. The molecule has 0 aliphatic carbocycles. The largest absolute Gasteiger partial charge is 0.469 e. The van der Waals surface area contributed by atoms with Gasteiger partial charge in [-0.2, -0.15) is 8.96 Å². The molecular weight excluding hydrogens is 379 g/mol. The number of hydrogen-bond donors (Lipinski definition) is 1. The molecule has 0 fully saturated rings. The zero-order chi connectivity index (χ0) is 19.1. The van der Waals surface area contributed by atoms with Crippen LogP contribution in [0.15, 0.2) is 64.9 Å². The number of rotatable bonds is 4. The highest BCUT2D eigenvalue weighted by Gasteiger charge is 2.42. The lowest BCUT2D eigenvalue weighted by atomic mass is 10.1. The van der Waals surface area contributed by atoms with Gasteiger partial charge in [-0.1, -0.05) is 6.07 Å². The van der Waals surface area contributed by atoms with E-state index in [1.807, 2.05) is 23.6 Å². The van der Waals surface area contributed by atoms with Crippen LogP contribution in [0.1, 0.15) is 10.6 Å². The Hall–Kier alpha value is -3.39. The quantitative estimate of drug-likeness (QED) is 0.424. The Kier molecular flexibility index (Phi) is 3.98. The maximum Gasteiger partial charge on any atom is 0.359 e. The minimum Gasteiger partial charge on any atom is -0.469 e. The van der Waals surface area contributed by atoms with E-state index in [2.05, 4.69) is 10.3 Å². The Labute approximate surface area is 163 Å². The van der Waals surface area contributed by atoms with Crippen LogP contribution in [0.5, 0.6) is 0 Å². The number of aromatic nitrogens is 3. The molecule has 5 heterocycles. The van der Waals surface area contributed by atoms with E-state index in [0.29, 0.717) is 35.0 Å². The van der Waals surface area contributed by atoms with E-state index < -0.39 is 12.0 Å². The molecule has 0 aromatic carbocycles. The first-order valence-corrected chi connectivity index (χ1v) is 9.52. The molecule has 0 radical (unpaired) electrons. The first kappa shape index (κ1) is 16.8. The molecule has 8 heteroatoms. The van der Waals surface area contributed by atoms with Crippen molar-refractivity contribution in [2.24, 2.45) is 0 Å².